The van der Waals surface area contributed by atoms with Crippen LogP contribution in [0, 0.1) is 0 Å². The molecule has 82 valence electrons. The monoisotopic (exact) mass is 222 g/mol. The van der Waals surface area contributed by atoms with Gasteiger partial charge in [-0.25, -0.2) is 4.98 Å². The Hall–Kier alpha value is -2.42. The van der Waals surface area contributed by atoms with Crippen LogP contribution in [-0.4, -0.2) is 15.1 Å². The van der Waals surface area contributed by atoms with Gasteiger partial charge in [-0.3, -0.25) is 4.98 Å². The van der Waals surface area contributed by atoms with Crippen molar-refractivity contribution in [3.63, 3.8) is 0 Å². The van der Waals surface area contributed by atoms with E-state index in [1.807, 2.05) is 36.4 Å². The molecule has 0 aliphatic carbocycles. The molecule has 3 rings (SSSR count). The number of pyridine rings is 2. The molecule has 3 aromatic rings. The predicted octanol–water partition coefficient (Wildman–Crippen LogP) is 3.00. The van der Waals surface area contributed by atoms with Crippen LogP contribution in [0.5, 0.6) is 5.75 Å². The summed E-state index contributed by atoms with van der Waals surface area (Å²) < 4.78 is 0. The molecule has 0 unspecified atom stereocenters. The molecule has 0 amide bonds. The van der Waals surface area contributed by atoms with Gasteiger partial charge in [-0.1, -0.05) is 24.3 Å². The van der Waals surface area contributed by atoms with Gasteiger partial charge in [0.15, 0.2) is 0 Å². The average Bonchev–Trinajstić information content (AvgIpc) is 2.38. The molecule has 1 aromatic carbocycles. The maximum Gasteiger partial charge on any atom is 0.134 e. The van der Waals surface area contributed by atoms with Gasteiger partial charge in [0.25, 0.3) is 0 Å². The second-order valence-electron chi connectivity index (χ2n) is 3.82. The zero-order valence-corrected chi connectivity index (χ0v) is 9.04. The quantitative estimate of drug-likeness (QED) is 0.688. The van der Waals surface area contributed by atoms with Crippen molar-refractivity contribution < 1.29 is 5.11 Å². The van der Waals surface area contributed by atoms with Gasteiger partial charge in [-0.05, 0) is 18.2 Å². The molecule has 0 aliphatic rings. The van der Waals surface area contributed by atoms with Crippen molar-refractivity contribution in [3.8, 4) is 17.0 Å². The predicted molar refractivity (Wildman–Crippen MR) is 66.6 cm³/mol. The minimum atomic E-state index is 0.150. The third-order valence-corrected chi connectivity index (χ3v) is 2.62. The lowest BCUT2D eigenvalue weighted by Gasteiger charge is -2.03. The van der Waals surface area contributed by atoms with Crippen LogP contribution in [0.25, 0.3) is 22.2 Å². The summed E-state index contributed by atoms with van der Waals surface area (Å²) in [5.41, 5.74) is 2.57. The lowest BCUT2D eigenvalue weighted by Crippen LogP contribution is -1.85. The van der Waals surface area contributed by atoms with E-state index in [9.17, 15) is 5.11 Å². The number of aromatic hydroxyl groups is 1. The van der Waals surface area contributed by atoms with Crippen LogP contribution in [0.2, 0.25) is 0 Å². The van der Waals surface area contributed by atoms with Crippen molar-refractivity contribution in [1.29, 1.82) is 0 Å². The molecular weight excluding hydrogens is 212 g/mol. The summed E-state index contributed by atoms with van der Waals surface area (Å²) in [5, 5.41) is 10.5. The SMILES string of the molecule is Oc1cncc(-c2ccc3ccccc3n2)c1. The summed E-state index contributed by atoms with van der Waals surface area (Å²) in [6.07, 6.45) is 3.10. The van der Waals surface area contributed by atoms with E-state index in [0.29, 0.717) is 0 Å². The number of rotatable bonds is 1. The largest absolute Gasteiger partial charge is 0.506 e. The number of nitrogens with zero attached hydrogens (tertiary/aromatic N) is 2. The zero-order chi connectivity index (χ0) is 11.7. The van der Waals surface area contributed by atoms with Gasteiger partial charge in [-0.15, -0.1) is 0 Å². The number of benzene rings is 1. The highest BCUT2D eigenvalue weighted by atomic mass is 16.3. The van der Waals surface area contributed by atoms with E-state index in [-0.39, 0.29) is 5.75 Å². The molecule has 0 radical (unpaired) electrons. The molecule has 2 aromatic heterocycles. The van der Waals surface area contributed by atoms with Crippen LogP contribution < -0.4 is 0 Å². The van der Waals surface area contributed by atoms with Crippen molar-refractivity contribution in [2.75, 3.05) is 0 Å². The first-order chi connectivity index (χ1) is 8.33. The molecule has 17 heavy (non-hydrogen) atoms. The van der Waals surface area contributed by atoms with Gasteiger partial charge < -0.3 is 5.11 Å². The van der Waals surface area contributed by atoms with E-state index in [0.717, 1.165) is 22.2 Å². The van der Waals surface area contributed by atoms with Crippen LogP contribution in [0.1, 0.15) is 0 Å². The van der Waals surface area contributed by atoms with Gasteiger partial charge in [0.05, 0.1) is 17.4 Å². The van der Waals surface area contributed by atoms with Gasteiger partial charge in [0.1, 0.15) is 5.75 Å². The molecule has 0 fully saturated rings. The minimum Gasteiger partial charge on any atom is -0.506 e. The van der Waals surface area contributed by atoms with Crippen molar-refractivity contribution in [2.24, 2.45) is 0 Å². The maximum atomic E-state index is 9.40. The van der Waals surface area contributed by atoms with E-state index >= 15 is 0 Å². The van der Waals surface area contributed by atoms with Crippen LogP contribution in [0.3, 0.4) is 0 Å². The highest BCUT2D eigenvalue weighted by molar-refractivity contribution is 5.81. The van der Waals surface area contributed by atoms with Crippen LogP contribution in [-0.2, 0) is 0 Å². The Balaban J connectivity index is 2.18. The van der Waals surface area contributed by atoms with E-state index in [2.05, 4.69) is 9.97 Å². The Bertz CT molecular complexity index is 680. The second-order valence-corrected chi connectivity index (χ2v) is 3.82. The van der Waals surface area contributed by atoms with E-state index in [1.165, 1.54) is 6.20 Å². The maximum absolute atomic E-state index is 9.40. The summed E-state index contributed by atoms with van der Waals surface area (Å²) in [6, 6.07) is 13.5. The average molecular weight is 222 g/mol. The second kappa shape index (κ2) is 3.87. The fraction of sp³-hybridized carbons (Fsp3) is 0. The van der Waals surface area contributed by atoms with Gasteiger partial charge >= 0.3 is 0 Å². The number of fused-ring (bicyclic) bond motifs is 1. The van der Waals surface area contributed by atoms with Crippen molar-refractivity contribution in [1.82, 2.24) is 9.97 Å². The van der Waals surface area contributed by atoms with Crippen molar-refractivity contribution in [3.05, 3.63) is 54.9 Å². The van der Waals surface area contributed by atoms with E-state index in [4.69, 9.17) is 0 Å². The summed E-state index contributed by atoms with van der Waals surface area (Å²) in [5.74, 6) is 0.150. The highest BCUT2D eigenvalue weighted by Crippen LogP contribution is 2.22. The Labute approximate surface area is 98.4 Å². The Morgan fingerprint density at radius 3 is 2.71 bits per heavy atom. The standard InChI is InChI=1S/C14H10N2O/c17-12-7-11(8-15-9-12)14-6-5-10-3-1-2-4-13(10)16-14/h1-9,17H. The molecule has 0 aliphatic heterocycles. The van der Waals surface area contributed by atoms with Gasteiger partial charge in [0.2, 0.25) is 0 Å². The van der Waals surface area contributed by atoms with Crippen molar-refractivity contribution >= 4 is 10.9 Å². The molecular formula is C14H10N2O. The number of hydrogen-bond donors (Lipinski definition) is 1. The Morgan fingerprint density at radius 2 is 1.82 bits per heavy atom. The van der Waals surface area contributed by atoms with E-state index in [1.54, 1.807) is 12.3 Å². The zero-order valence-electron chi connectivity index (χ0n) is 9.04. The van der Waals surface area contributed by atoms with Gasteiger partial charge in [0, 0.05) is 17.1 Å². The summed E-state index contributed by atoms with van der Waals surface area (Å²) in [4.78, 5) is 8.49. The van der Waals surface area contributed by atoms with Crippen LogP contribution >= 0.6 is 0 Å². The first-order valence-corrected chi connectivity index (χ1v) is 5.33. The molecule has 2 heterocycles. The number of aromatic nitrogens is 2. The smallest absolute Gasteiger partial charge is 0.134 e. The first-order valence-electron chi connectivity index (χ1n) is 5.33. The highest BCUT2D eigenvalue weighted by Gasteiger charge is 2.02. The lowest BCUT2D eigenvalue weighted by atomic mass is 10.1. The first kappa shape index (κ1) is 9.78. The number of para-hydroxylation sites is 1. The fourth-order valence-electron chi connectivity index (χ4n) is 1.79. The van der Waals surface area contributed by atoms with E-state index < -0.39 is 0 Å². The third-order valence-electron chi connectivity index (χ3n) is 2.62. The lowest BCUT2D eigenvalue weighted by molar-refractivity contribution is 0.473. The third kappa shape index (κ3) is 1.83. The minimum absolute atomic E-state index is 0.150. The Morgan fingerprint density at radius 1 is 0.941 bits per heavy atom. The normalized spacial score (nSPS) is 10.6. The number of hydrogen-bond acceptors (Lipinski definition) is 3. The summed E-state index contributed by atoms with van der Waals surface area (Å²) >= 11 is 0. The summed E-state index contributed by atoms with van der Waals surface area (Å²) in [6.45, 7) is 0. The fourth-order valence-corrected chi connectivity index (χ4v) is 1.79. The van der Waals surface area contributed by atoms with Crippen LogP contribution in [0.4, 0.5) is 0 Å². The van der Waals surface area contributed by atoms with Crippen molar-refractivity contribution in [2.45, 2.75) is 0 Å². The molecule has 0 saturated carbocycles. The molecule has 0 bridgehead atoms. The summed E-state index contributed by atoms with van der Waals surface area (Å²) in [7, 11) is 0. The molecule has 0 atom stereocenters. The molecule has 0 spiro atoms. The molecule has 3 heteroatoms. The molecule has 0 saturated heterocycles. The Kier molecular flexibility index (Phi) is 2.22. The van der Waals surface area contributed by atoms with Crippen LogP contribution in [0.15, 0.2) is 54.9 Å². The topological polar surface area (TPSA) is 46.0 Å². The van der Waals surface area contributed by atoms with Gasteiger partial charge in [-0.2, -0.15) is 0 Å². The molecule has 1 N–H and O–H groups in total. The molecule has 3 nitrogen and oxygen atoms in total.